The van der Waals surface area contributed by atoms with Gasteiger partial charge in [-0.05, 0) is 60.0 Å². The minimum atomic E-state index is -0.343. The molecule has 5 nitrogen and oxygen atoms in total. The van der Waals surface area contributed by atoms with Gasteiger partial charge >= 0.3 is 0 Å². The van der Waals surface area contributed by atoms with E-state index >= 15 is 0 Å². The van der Waals surface area contributed by atoms with Gasteiger partial charge in [-0.2, -0.15) is 0 Å². The second-order valence-corrected chi connectivity index (χ2v) is 6.16. The summed E-state index contributed by atoms with van der Waals surface area (Å²) in [6, 6.07) is 5.74. The van der Waals surface area contributed by atoms with Crippen molar-refractivity contribution in [3.05, 3.63) is 31.9 Å². The van der Waals surface area contributed by atoms with Gasteiger partial charge < -0.3 is 10.6 Å². The highest BCUT2D eigenvalue weighted by molar-refractivity contribution is 14.1. The summed E-state index contributed by atoms with van der Waals surface area (Å²) in [6.45, 7) is 0.707. The molecule has 0 amide bonds. The fraction of sp³-hybridized carbons (Fsp3) is 0.538. The van der Waals surface area contributed by atoms with E-state index in [4.69, 9.17) is 5.73 Å². The molecule has 2 rings (SSSR count). The minimum Gasteiger partial charge on any atom is -0.371 e. The van der Waals surface area contributed by atoms with Crippen LogP contribution in [-0.4, -0.2) is 24.6 Å². The van der Waals surface area contributed by atoms with Crippen LogP contribution in [-0.2, 0) is 0 Å². The molecule has 2 N–H and O–H groups in total. The fourth-order valence-electron chi connectivity index (χ4n) is 2.86. The van der Waals surface area contributed by atoms with Gasteiger partial charge in [-0.3, -0.25) is 10.1 Å². The average molecular weight is 375 g/mol. The molecule has 0 spiro atoms. The topological polar surface area (TPSA) is 72.4 Å². The Morgan fingerprint density at radius 3 is 2.84 bits per heavy atom. The van der Waals surface area contributed by atoms with E-state index < -0.39 is 0 Å². The maximum absolute atomic E-state index is 10.8. The van der Waals surface area contributed by atoms with Crippen LogP contribution in [0.4, 0.5) is 11.4 Å². The van der Waals surface area contributed by atoms with Crippen molar-refractivity contribution in [2.45, 2.75) is 25.3 Å². The molecule has 1 aromatic rings. The van der Waals surface area contributed by atoms with Gasteiger partial charge in [0.05, 0.1) is 8.49 Å². The molecular formula is C13H18IN3O2. The Labute approximate surface area is 126 Å². The molecule has 104 valence electrons. The number of rotatable bonds is 4. The zero-order valence-corrected chi connectivity index (χ0v) is 13.0. The van der Waals surface area contributed by atoms with Crippen molar-refractivity contribution in [3.8, 4) is 0 Å². The number of nitrogens with zero attached hydrogens (tertiary/aromatic N) is 2. The third kappa shape index (κ3) is 3.00. The number of anilines is 1. The summed E-state index contributed by atoms with van der Waals surface area (Å²) in [5, 5.41) is 10.8. The first-order valence-corrected chi connectivity index (χ1v) is 7.49. The van der Waals surface area contributed by atoms with Crippen LogP contribution in [0, 0.1) is 19.6 Å². The highest BCUT2D eigenvalue weighted by atomic mass is 127. The third-order valence-electron chi connectivity index (χ3n) is 3.95. The van der Waals surface area contributed by atoms with Crippen molar-refractivity contribution >= 4 is 34.0 Å². The van der Waals surface area contributed by atoms with E-state index in [2.05, 4.69) is 11.9 Å². The van der Waals surface area contributed by atoms with Gasteiger partial charge in [-0.1, -0.05) is 6.42 Å². The minimum absolute atomic E-state index is 0.166. The van der Waals surface area contributed by atoms with Gasteiger partial charge in [0.2, 0.25) is 0 Å². The van der Waals surface area contributed by atoms with Crippen molar-refractivity contribution < 1.29 is 4.92 Å². The Hall–Kier alpha value is -0.890. The van der Waals surface area contributed by atoms with Gasteiger partial charge in [0.1, 0.15) is 0 Å². The first-order chi connectivity index (χ1) is 9.04. The third-order valence-corrected chi connectivity index (χ3v) is 4.82. The molecule has 1 fully saturated rings. The molecule has 19 heavy (non-hydrogen) atoms. The van der Waals surface area contributed by atoms with Gasteiger partial charge in [-0.25, -0.2) is 0 Å². The Morgan fingerprint density at radius 2 is 2.26 bits per heavy atom. The molecule has 0 aliphatic heterocycles. The van der Waals surface area contributed by atoms with Crippen molar-refractivity contribution in [1.29, 1.82) is 0 Å². The van der Waals surface area contributed by atoms with E-state index in [-0.39, 0.29) is 10.6 Å². The fourth-order valence-corrected chi connectivity index (χ4v) is 3.55. The maximum atomic E-state index is 10.8. The van der Waals surface area contributed by atoms with E-state index in [1.807, 2.05) is 34.7 Å². The summed E-state index contributed by atoms with van der Waals surface area (Å²) < 4.78 is 0.675. The molecule has 1 aromatic carbocycles. The molecule has 2 unspecified atom stereocenters. The zero-order chi connectivity index (χ0) is 14.0. The second kappa shape index (κ2) is 6.04. The summed E-state index contributed by atoms with van der Waals surface area (Å²) in [5.74, 6) is 0.526. The first kappa shape index (κ1) is 14.5. The molecule has 1 aliphatic rings. The number of hydrogen-bond acceptors (Lipinski definition) is 4. The Bertz CT molecular complexity index is 481. The summed E-state index contributed by atoms with van der Waals surface area (Å²) in [5.41, 5.74) is 7.01. The number of nitro benzene ring substituents is 1. The Morgan fingerprint density at radius 1 is 1.53 bits per heavy atom. The maximum Gasteiger partial charge on any atom is 0.282 e. The highest BCUT2D eigenvalue weighted by Gasteiger charge is 2.29. The Balaban J connectivity index is 2.22. The summed E-state index contributed by atoms with van der Waals surface area (Å²) in [6.07, 6.45) is 3.53. The van der Waals surface area contributed by atoms with Crippen LogP contribution in [0.1, 0.15) is 19.3 Å². The largest absolute Gasteiger partial charge is 0.371 e. The number of benzene rings is 1. The van der Waals surface area contributed by atoms with Crippen LogP contribution in [0.2, 0.25) is 0 Å². The van der Waals surface area contributed by atoms with Crippen molar-refractivity contribution in [1.82, 2.24) is 0 Å². The second-order valence-electron chi connectivity index (χ2n) is 5.00. The molecule has 0 radical (unpaired) electrons. The van der Waals surface area contributed by atoms with E-state index in [1.165, 1.54) is 12.8 Å². The molecular weight excluding hydrogens is 357 g/mol. The van der Waals surface area contributed by atoms with Crippen LogP contribution >= 0.6 is 22.6 Å². The summed E-state index contributed by atoms with van der Waals surface area (Å²) in [7, 11) is 2.05. The average Bonchev–Trinajstić information content (AvgIpc) is 2.85. The van der Waals surface area contributed by atoms with E-state index in [0.29, 0.717) is 22.1 Å². The lowest BCUT2D eigenvalue weighted by molar-refractivity contribution is -0.385. The summed E-state index contributed by atoms with van der Waals surface area (Å²) in [4.78, 5) is 12.7. The predicted molar refractivity (Wildman–Crippen MR) is 84.4 cm³/mol. The molecule has 1 aliphatic carbocycles. The molecule has 0 aromatic heterocycles. The van der Waals surface area contributed by atoms with Gasteiger partial charge in [0.25, 0.3) is 5.69 Å². The number of nitrogens with two attached hydrogens (primary N) is 1. The first-order valence-electron chi connectivity index (χ1n) is 6.41. The van der Waals surface area contributed by atoms with Gasteiger partial charge in [0, 0.05) is 24.8 Å². The molecule has 6 heteroatoms. The number of halogens is 1. The molecule has 0 bridgehead atoms. The Kier molecular flexibility index (Phi) is 4.62. The number of nitro groups is 1. The lowest BCUT2D eigenvalue weighted by Gasteiger charge is -2.31. The molecule has 1 saturated carbocycles. The van der Waals surface area contributed by atoms with E-state index in [0.717, 1.165) is 12.1 Å². The van der Waals surface area contributed by atoms with Gasteiger partial charge in [-0.15, -0.1) is 0 Å². The van der Waals surface area contributed by atoms with Crippen molar-refractivity contribution in [2.75, 3.05) is 18.5 Å². The lowest BCUT2D eigenvalue weighted by Crippen LogP contribution is -2.37. The SMILES string of the molecule is CN(c1ccc([N+](=O)[O-])c(I)c1)C1CCCC1CN. The van der Waals surface area contributed by atoms with Crippen molar-refractivity contribution in [2.24, 2.45) is 11.7 Å². The highest BCUT2D eigenvalue weighted by Crippen LogP contribution is 2.33. The smallest absolute Gasteiger partial charge is 0.282 e. The van der Waals surface area contributed by atoms with Gasteiger partial charge in [0.15, 0.2) is 0 Å². The normalized spacial score (nSPS) is 22.5. The van der Waals surface area contributed by atoms with Crippen LogP contribution in [0.15, 0.2) is 18.2 Å². The van der Waals surface area contributed by atoms with Crippen LogP contribution in [0.5, 0.6) is 0 Å². The lowest BCUT2D eigenvalue weighted by atomic mass is 10.0. The van der Waals surface area contributed by atoms with Crippen LogP contribution < -0.4 is 10.6 Å². The van der Waals surface area contributed by atoms with Crippen LogP contribution in [0.25, 0.3) is 0 Å². The zero-order valence-electron chi connectivity index (χ0n) is 10.9. The molecule has 0 saturated heterocycles. The van der Waals surface area contributed by atoms with Crippen LogP contribution in [0.3, 0.4) is 0 Å². The quantitative estimate of drug-likeness (QED) is 0.499. The standard InChI is InChI=1S/C13H18IN3O2/c1-16(12-4-2-3-9(12)8-15)10-5-6-13(17(18)19)11(14)7-10/h5-7,9,12H,2-4,8,15H2,1H3. The van der Waals surface area contributed by atoms with E-state index in [1.54, 1.807) is 6.07 Å². The molecule has 2 atom stereocenters. The molecule has 0 heterocycles. The predicted octanol–water partition coefficient (Wildman–Crippen LogP) is 2.76. The van der Waals surface area contributed by atoms with Crippen molar-refractivity contribution in [3.63, 3.8) is 0 Å². The monoisotopic (exact) mass is 375 g/mol. The number of hydrogen-bond donors (Lipinski definition) is 1. The summed E-state index contributed by atoms with van der Waals surface area (Å²) >= 11 is 2.02. The van der Waals surface area contributed by atoms with E-state index in [9.17, 15) is 10.1 Å².